The summed E-state index contributed by atoms with van der Waals surface area (Å²) in [6.45, 7) is 5.48. The Bertz CT molecular complexity index is 1680. The van der Waals surface area contributed by atoms with Gasteiger partial charge in [0.1, 0.15) is 10.9 Å². The van der Waals surface area contributed by atoms with Crippen LogP contribution in [0, 0.1) is 23.0 Å². The molecule has 0 aromatic heterocycles. The Morgan fingerprint density at radius 3 is 2.37 bits per heavy atom. The van der Waals surface area contributed by atoms with E-state index in [0.29, 0.717) is 4.47 Å². The second-order valence-corrected chi connectivity index (χ2v) is 13.5. The number of non-ortho nitro benzene ring substituents is 1. The molecule has 3 rings (SSSR count). The number of carbonyl (C=O) groups is 1. The van der Waals surface area contributed by atoms with Crippen molar-refractivity contribution in [3.8, 4) is 5.75 Å². The van der Waals surface area contributed by atoms with Crippen LogP contribution in [0.15, 0.2) is 86.1 Å². The zero-order chi connectivity index (χ0) is 30.4. The van der Waals surface area contributed by atoms with E-state index in [2.05, 4.69) is 31.2 Å². The molecule has 3 aromatic carbocycles. The van der Waals surface area contributed by atoms with Gasteiger partial charge in [0.25, 0.3) is 11.6 Å². The first-order valence-electron chi connectivity index (χ1n) is 12.1. The molecule has 1 atom stereocenters. The van der Waals surface area contributed by atoms with Crippen molar-refractivity contribution < 1.29 is 30.7 Å². The van der Waals surface area contributed by atoms with Crippen LogP contribution in [-0.2, 0) is 24.9 Å². The number of sulfonamides is 1. The second kappa shape index (κ2) is 13.3. The lowest BCUT2D eigenvalue weighted by Crippen LogP contribution is -2.46. The van der Waals surface area contributed by atoms with Crippen molar-refractivity contribution in [1.29, 1.82) is 0 Å². The summed E-state index contributed by atoms with van der Waals surface area (Å²) < 4.78 is 59.6. The Hall–Kier alpha value is -3.66. The SMILES string of the molecule is Cc1ccc(S(=O)(=O)N[C@@H](CC(C)C)C(=O)N/N=C\c2cc(Br)ccc2OS(=O)(=O)c2cccc([N+](=O)[O-])c2)cc1. The summed E-state index contributed by atoms with van der Waals surface area (Å²) in [7, 11) is -8.48. The third kappa shape index (κ3) is 8.91. The number of aryl methyl sites for hydroxylation is 1. The van der Waals surface area contributed by atoms with Gasteiger partial charge in [0.2, 0.25) is 10.0 Å². The number of carbonyl (C=O) groups excluding carboxylic acids is 1. The normalized spacial score (nSPS) is 12.8. The molecule has 0 aliphatic heterocycles. The van der Waals surface area contributed by atoms with Gasteiger partial charge in [-0.3, -0.25) is 14.9 Å². The van der Waals surface area contributed by atoms with Crippen LogP contribution in [-0.4, -0.2) is 39.9 Å². The number of benzene rings is 3. The Balaban J connectivity index is 1.81. The molecule has 0 aliphatic rings. The number of amides is 1. The standard InChI is InChI=1S/C26H27BrN4O8S2/c1-17(2)13-24(30-40(35,36)22-10-7-18(3)8-11-22)26(32)29-28-16-19-14-20(27)9-12-25(19)39-41(37,38)23-6-4-5-21(15-23)31(33)34/h4-12,14-17,24,30H,13H2,1-3H3,(H,29,32)/b28-16-/t24-/m0/s1. The summed E-state index contributed by atoms with van der Waals surface area (Å²) in [5.74, 6) is -0.941. The molecule has 15 heteroatoms. The second-order valence-electron chi connectivity index (χ2n) is 9.32. The summed E-state index contributed by atoms with van der Waals surface area (Å²) >= 11 is 3.27. The lowest BCUT2D eigenvalue weighted by molar-refractivity contribution is -0.385. The van der Waals surface area contributed by atoms with E-state index in [1.54, 1.807) is 12.1 Å². The molecule has 2 N–H and O–H groups in total. The predicted octanol–water partition coefficient (Wildman–Crippen LogP) is 4.28. The highest BCUT2D eigenvalue weighted by Crippen LogP contribution is 2.26. The fraction of sp³-hybridized carbons (Fsp3) is 0.231. The largest absolute Gasteiger partial charge is 0.378 e. The lowest BCUT2D eigenvalue weighted by atomic mass is 10.0. The van der Waals surface area contributed by atoms with Crippen molar-refractivity contribution in [2.45, 2.75) is 43.0 Å². The van der Waals surface area contributed by atoms with Crippen LogP contribution < -0.4 is 14.3 Å². The van der Waals surface area contributed by atoms with Gasteiger partial charge in [0, 0.05) is 22.2 Å². The molecule has 0 unspecified atom stereocenters. The Morgan fingerprint density at radius 1 is 1.05 bits per heavy atom. The first kappa shape index (κ1) is 31.9. The fourth-order valence-corrected chi connectivity index (χ4v) is 6.09. The van der Waals surface area contributed by atoms with E-state index in [-0.39, 0.29) is 28.5 Å². The zero-order valence-electron chi connectivity index (χ0n) is 22.1. The number of nitro benzene ring substituents is 1. The summed E-state index contributed by atoms with van der Waals surface area (Å²) in [6.07, 6.45) is 1.31. The minimum atomic E-state index is -4.47. The van der Waals surface area contributed by atoms with E-state index in [9.17, 15) is 31.7 Å². The van der Waals surface area contributed by atoms with Gasteiger partial charge >= 0.3 is 10.1 Å². The van der Waals surface area contributed by atoms with Crippen LogP contribution in [0.25, 0.3) is 0 Å². The first-order valence-corrected chi connectivity index (χ1v) is 15.8. The third-order valence-electron chi connectivity index (χ3n) is 5.52. The van der Waals surface area contributed by atoms with Gasteiger partial charge in [0.05, 0.1) is 16.0 Å². The summed E-state index contributed by atoms with van der Waals surface area (Å²) in [6, 6.07) is 13.7. The maximum Gasteiger partial charge on any atom is 0.339 e. The maximum atomic E-state index is 12.9. The molecule has 0 saturated heterocycles. The van der Waals surface area contributed by atoms with Crippen LogP contribution in [0.2, 0.25) is 0 Å². The van der Waals surface area contributed by atoms with Crippen LogP contribution in [0.1, 0.15) is 31.4 Å². The number of hydrogen-bond donors (Lipinski definition) is 2. The molecule has 41 heavy (non-hydrogen) atoms. The van der Waals surface area contributed by atoms with E-state index in [4.69, 9.17) is 4.18 Å². The van der Waals surface area contributed by atoms with E-state index in [1.807, 2.05) is 20.8 Å². The monoisotopic (exact) mass is 666 g/mol. The summed E-state index contributed by atoms with van der Waals surface area (Å²) in [5, 5.41) is 14.9. The van der Waals surface area contributed by atoms with Gasteiger partial charge in [-0.05, 0) is 55.7 Å². The fourth-order valence-electron chi connectivity index (χ4n) is 3.51. The van der Waals surface area contributed by atoms with Crippen molar-refractivity contribution >= 4 is 53.9 Å². The van der Waals surface area contributed by atoms with E-state index in [0.717, 1.165) is 30.0 Å². The highest BCUT2D eigenvalue weighted by Gasteiger charge is 2.27. The smallest absolute Gasteiger partial charge is 0.339 e. The molecule has 12 nitrogen and oxygen atoms in total. The predicted molar refractivity (Wildman–Crippen MR) is 156 cm³/mol. The van der Waals surface area contributed by atoms with Crippen molar-refractivity contribution in [1.82, 2.24) is 10.1 Å². The van der Waals surface area contributed by atoms with Crippen LogP contribution >= 0.6 is 15.9 Å². The van der Waals surface area contributed by atoms with E-state index < -0.39 is 47.6 Å². The quantitative estimate of drug-likeness (QED) is 0.125. The molecule has 1 amide bonds. The molecule has 0 fully saturated rings. The van der Waals surface area contributed by atoms with E-state index in [1.165, 1.54) is 36.4 Å². The molecular weight excluding hydrogens is 640 g/mol. The molecule has 0 bridgehead atoms. The van der Waals surface area contributed by atoms with Gasteiger partial charge in [0.15, 0.2) is 5.75 Å². The Labute approximate surface area is 246 Å². The average Bonchev–Trinajstić information content (AvgIpc) is 2.89. The molecular formula is C26H27BrN4O8S2. The molecule has 0 heterocycles. The maximum absolute atomic E-state index is 12.9. The molecule has 3 aromatic rings. The topological polar surface area (TPSA) is 174 Å². The van der Waals surface area contributed by atoms with Gasteiger partial charge < -0.3 is 4.18 Å². The molecule has 218 valence electrons. The van der Waals surface area contributed by atoms with Crippen LogP contribution in [0.4, 0.5) is 5.69 Å². The molecule has 0 spiro atoms. The number of halogens is 1. The highest BCUT2D eigenvalue weighted by molar-refractivity contribution is 9.10. The number of rotatable bonds is 12. The van der Waals surface area contributed by atoms with Crippen LogP contribution in [0.5, 0.6) is 5.75 Å². The molecule has 0 aliphatic carbocycles. The van der Waals surface area contributed by atoms with Crippen molar-refractivity contribution in [3.05, 3.63) is 92.4 Å². The van der Waals surface area contributed by atoms with Gasteiger partial charge in [-0.1, -0.05) is 53.5 Å². The number of hydrogen-bond acceptors (Lipinski definition) is 9. The van der Waals surface area contributed by atoms with E-state index >= 15 is 0 Å². The first-order chi connectivity index (χ1) is 19.2. The Morgan fingerprint density at radius 2 is 1.73 bits per heavy atom. The Kier molecular flexibility index (Phi) is 10.4. The number of nitrogens with one attached hydrogen (secondary N) is 2. The minimum Gasteiger partial charge on any atom is -0.378 e. The molecule has 0 saturated carbocycles. The van der Waals surface area contributed by atoms with Gasteiger partial charge in [-0.2, -0.15) is 18.2 Å². The van der Waals surface area contributed by atoms with Crippen LogP contribution in [0.3, 0.4) is 0 Å². The van der Waals surface area contributed by atoms with Crippen molar-refractivity contribution in [2.75, 3.05) is 0 Å². The third-order valence-corrected chi connectivity index (χ3v) is 8.73. The number of nitrogens with zero attached hydrogens (tertiary/aromatic N) is 2. The van der Waals surface area contributed by atoms with Crippen molar-refractivity contribution in [2.24, 2.45) is 11.0 Å². The van der Waals surface area contributed by atoms with Gasteiger partial charge in [-0.25, -0.2) is 13.8 Å². The number of nitro groups is 1. The van der Waals surface area contributed by atoms with Gasteiger partial charge in [-0.15, -0.1) is 0 Å². The minimum absolute atomic E-state index is 0.00837. The van der Waals surface area contributed by atoms with Crippen molar-refractivity contribution in [3.63, 3.8) is 0 Å². The highest BCUT2D eigenvalue weighted by atomic mass is 79.9. The number of hydrazone groups is 1. The molecule has 0 radical (unpaired) electrons. The lowest BCUT2D eigenvalue weighted by Gasteiger charge is -2.19. The average molecular weight is 668 g/mol. The zero-order valence-corrected chi connectivity index (χ0v) is 25.4. The summed E-state index contributed by atoms with van der Waals surface area (Å²) in [4.78, 5) is 22.8. The summed E-state index contributed by atoms with van der Waals surface area (Å²) in [5.41, 5.74) is 2.87.